The molecule has 4 heterocycles. The van der Waals surface area contributed by atoms with Crippen LogP contribution < -0.4 is 5.32 Å². The molecule has 5 fully saturated rings. The molecular weight excluding hydrogens is 834 g/mol. The van der Waals surface area contributed by atoms with Gasteiger partial charge in [0.15, 0.2) is 18.0 Å². The van der Waals surface area contributed by atoms with Gasteiger partial charge in [-0.3, -0.25) is 14.7 Å². The quantitative estimate of drug-likeness (QED) is 0.171. The zero-order valence-electron chi connectivity index (χ0n) is 37.6. The third kappa shape index (κ3) is 7.99. The van der Waals surface area contributed by atoms with Crippen LogP contribution in [0, 0.1) is 16.7 Å². The first kappa shape index (κ1) is 46.0. The summed E-state index contributed by atoms with van der Waals surface area (Å²) in [5.41, 5.74) is -5.42. The summed E-state index contributed by atoms with van der Waals surface area (Å²) in [6.07, 6.45) is -7.92. The maximum atomic E-state index is 14.5. The van der Waals surface area contributed by atoms with Crippen LogP contribution in [-0.4, -0.2) is 136 Å². The molecule has 0 unspecified atom stereocenters. The van der Waals surface area contributed by atoms with Gasteiger partial charge >= 0.3 is 24.0 Å². The second-order valence-corrected chi connectivity index (χ2v) is 20.0. The zero-order chi connectivity index (χ0) is 46.1. The van der Waals surface area contributed by atoms with Crippen LogP contribution in [0.4, 0.5) is 9.18 Å². The number of carbonyl (C=O) groups excluding carboxylic acids is 4. The number of amides is 1. The lowest BCUT2D eigenvalue weighted by molar-refractivity contribution is -0.345. The minimum Gasteiger partial charge on any atom is -0.456 e. The van der Waals surface area contributed by atoms with Crippen LogP contribution >= 0.6 is 0 Å². The van der Waals surface area contributed by atoms with Crippen molar-refractivity contribution in [2.24, 2.45) is 16.7 Å². The van der Waals surface area contributed by atoms with Crippen molar-refractivity contribution < 1.29 is 66.9 Å². The van der Waals surface area contributed by atoms with Crippen molar-refractivity contribution >= 4 is 24.0 Å². The fourth-order valence-electron chi connectivity index (χ4n) is 11.3. The molecule has 1 amide bonds. The monoisotopic (exact) mass is 893 g/mol. The Labute approximate surface area is 372 Å². The number of halogens is 1. The number of pyridine rings is 1. The fraction of sp³-hybridized carbons (Fsp3) is 0.638. The van der Waals surface area contributed by atoms with Crippen molar-refractivity contribution in [3.63, 3.8) is 0 Å². The van der Waals surface area contributed by atoms with Crippen LogP contribution in [0.1, 0.15) is 96.7 Å². The Morgan fingerprint density at radius 3 is 2.34 bits per heavy atom. The highest BCUT2D eigenvalue weighted by Crippen LogP contribution is 2.66. The Morgan fingerprint density at radius 1 is 1.03 bits per heavy atom. The number of hydrogen-bond donors (Lipinski definition) is 3. The molecule has 2 saturated carbocycles. The number of aliphatic hydroxyl groups excluding tert-OH is 1. The van der Waals surface area contributed by atoms with Crippen molar-refractivity contribution in [2.75, 3.05) is 26.2 Å². The van der Waals surface area contributed by atoms with Crippen LogP contribution in [0.25, 0.3) is 0 Å². The van der Waals surface area contributed by atoms with Gasteiger partial charge in [-0.25, -0.2) is 18.8 Å². The Bertz CT molecular complexity index is 2150. The summed E-state index contributed by atoms with van der Waals surface area (Å²) in [5.74, 6) is -3.50. The third-order valence-corrected chi connectivity index (χ3v) is 14.4. The molecular formula is C47H60FN3O13. The van der Waals surface area contributed by atoms with Crippen LogP contribution in [0.2, 0.25) is 0 Å². The highest BCUT2D eigenvalue weighted by Gasteiger charge is 2.77. The summed E-state index contributed by atoms with van der Waals surface area (Å²) in [6, 6.07) is 11.7. The van der Waals surface area contributed by atoms with E-state index in [2.05, 4.69) is 10.3 Å². The van der Waals surface area contributed by atoms with Gasteiger partial charge in [0, 0.05) is 50.0 Å². The molecule has 3 aliphatic carbocycles. The van der Waals surface area contributed by atoms with Crippen molar-refractivity contribution in [1.29, 1.82) is 0 Å². The van der Waals surface area contributed by atoms with Gasteiger partial charge in [-0.15, -0.1) is 0 Å². The number of ether oxygens (including phenoxy) is 7. The highest BCUT2D eigenvalue weighted by atomic mass is 19.1. The summed E-state index contributed by atoms with van der Waals surface area (Å²) in [5, 5.41) is 28.3. The van der Waals surface area contributed by atoms with Gasteiger partial charge in [-0.1, -0.05) is 45.0 Å². The molecule has 2 aromatic rings. The van der Waals surface area contributed by atoms with E-state index in [0.29, 0.717) is 24.0 Å². The molecule has 64 heavy (non-hydrogen) atoms. The van der Waals surface area contributed by atoms with Gasteiger partial charge < -0.3 is 48.7 Å². The van der Waals surface area contributed by atoms with Crippen LogP contribution in [-0.2, 0) is 42.7 Å². The Kier molecular flexibility index (Phi) is 12.0. The molecule has 0 spiro atoms. The second kappa shape index (κ2) is 16.7. The van der Waals surface area contributed by atoms with Crippen molar-refractivity contribution in [3.8, 4) is 0 Å². The van der Waals surface area contributed by atoms with Crippen LogP contribution in [0.5, 0.6) is 0 Å². The molecule has 6 aliphatic rings. The Hall–Kier alpha value is -4.52. The van der Waals surface area contributed by atoms with E-state index >= 15 is 0 Å². The lowest BCUT2D eigenvalue weighted by Gasteiger charge is -2.68. The van der Waals surface area contributed by atoms with Gasteiger partial charge in [-0.05, 0) is 75.9 Å². The number of carbonyl (C=O) groups is 4. The number of aromatic nitrogens is 1. The smallest absolute Gasteiger partial charge is 0.408 e. The first-order chi connectivity index (χ1) is 30.1. The molecule has 1 aromatic heterocycles. The van der Waals surface area contributed by atoms with E-state index in [9.17, 15) is 33.8 Å². The van der Waals surface area contributed by atoms with E-state index in [-0.39, 0.29) is 43.9 Å². The van der Waals surface area contributed by atoms with E-state index < -0.39 is 113 Å². The predicted molar refractivity (Wildman–Crippen MR) is 224 cm³/mol. The molecule has 16 nitrogen and oxygen atoms in total. The number of alkyl halides is 1. The standard InChI is InChI=1S/C47H60FN3O13/c1-25-30(59-41(55)35(53)34(29-16-12-13-19-49-29)50-42(56)64-43(3,4)5)20-47(57)39(62-40(54)27-14-10-9-11-15-27)37-45(8,18-17-31-46(37,24-58-31)63-26(2)52)38-36(33(25)44(47,6)7)60-32(61-38)23-51-21-28(48)22-51/h9-16,19,28,30-32,34-39,53,57H,17-18,20-24H2,1-8H3,(H,50,56)/t30-,31+,32+,34-,35+,36+,37-,38+,39-,45+,46-,47+/m0/s1. The second-order valence-electron chi connectivity index (χ2n) is 20.0. The molecule has 2 bridgehead atoms. The number of aliphatic hydroxyl groups is 2. The van der Waals surface area contributed by atoms with Gasteiger partial charge in [0.2, 0.25) is 0 Å². The number of esters is 3. The number of nitrogens with one attached hydrogen (secondary N) is 1. The Balaban J connectivity index is 1.26. The van der Waals surface area contributed by atoms with E-state index in [1.54, 1.807) is 84.0 Å². The minimum atomic E-state index is -2.11. The van der Waals surface area contributed by atoms with E-state index in [1.807, 2.05) is 11.8 Å². The molecule has 1 aromatic carbocycles. The molecule has 8 rings (SSSR count). The van der Waals surface area contributed by atoms with Gasteiger partial charge in [0.05, 0.1) is 29.9 Å². The maximum absolute atomic E-state index is 14.5. The van der Waals surface area contributed by atoms with Crippen molar-refractivity contribution in [1.82, 2.24) is 15.2 Å². The number of nitrogens with zero attached hydrogens (tertiary/aromatic N) is 2. The maximum Gasteiger partial charge on any atom is 0.408 e. The van der Waals surface area contributed by atoms with Crippen LogP contribution in [0.15, 0.2) is 65.9 Å². The summed E-state index contributed by atoms with van der Waals surface area (Å²) in [7, 11) is 0. The number of rotatable bonds is 10. The number of hydrogen-bond acceptors (Lipinski definition) is 15. The topological polar surface area (TPSA) is 202 Å². The van der Waals surface area contributed by atoms with Gasteiger partial charge in [-0.2, -0.15) is 0 Å². The molecule has 3 saturated heterocycles. The van der Waals surface area contributed by atoms with Gasteiger partial charge in [0.1, 0.15) is 47.8 Å². The number of fused-ring (bicyclic) bond motifs is 8. The van der Waals surface area contributed by atoms with E-state index in [0.717, 1.165) is 0 Å². The Morgan fingerprint density at radius 2 is 1.73 bits per heavy atom. The van der Waals surface area contributed by atoms with Crippen molar-refractivity contribution in [2.45, 2.75) is 147 Å². The molecule has 3 aliphatic heterocycles. The largest absolute Gasteiger partial charge is 0.456 e. The summed E-state index contributed by atoms with van der Waals surface area (Å²) in [6.45, 7) is 14.2. The predicted octanol–water partition coefficient (Wildman–Crippen LogP) is 4.52. The van der Waals surface area contributed by atoms with E-state index in [1.165, 1.54) is 19.2 Å². The SMILES string of the molecule is CC(=O)O[C@@]12CO[C@@H]1CC[C@@]1(C)[C@@H]3O[C@H](CN4CC(F)C4)O[C@@H]3C3=C(C)[C@@H](OC(=O)[C@H](O)[C@@H](NC(=O)OC(C)(C)C)c4ccccn4)C[C@@](O)([C@@H](OC(=O)c4ccccc4)[C@@H]12)C3(C)C. The minimum absolute atomic E-state index is 0.0629. The molecule has 17 heteroatoms. The molecule has 0 radical (unpaired) electrons. The first-order valence-electron chi connectivity index (χ1n) is 22.0. The summed E-state index contributed by atoms with van der Waals surface area (Å²) >= 11 is 0. The normalized spacial score (nSPS) is 35.3. The summed E-state index contributed by atoms with van der Waals surface area (Å²) in [4.78, 5) is 61.3. The lowest BCUT2D eigenvalue weighted by Crippen LogP contribution is -2.79. The number of likely N-dealkylation sites (tertiary alicyclic amines) is 1. The number of alkyl carbamates (subject to hydrolysis) is 1. The average Bonchev–Trinajstić information content (AvgIpc) is 3.62. The van der Waals surface area contributed by atoms with E-state index in [4.69, 9.17) is 33.2 Å². The first-order valence-corrected chi connectivity index (χ1v) is 22.0. The molecule has 12 atom stereocenters. The molecule has 348 valence electrons. The number of benzene rings is 1. The van der Waals surface area contributed by atoms with Crippen molar-refractivity contribution in [3.05, 3.63) is 77.1 Å². The molecule has 3 N–H and O–H groups in total. The highest BCUT2D eigenvalue weighted by molar-refractivity contribution is 5.89. The van der Waals surface area contributed by atoms with Gasteiger partial charge in [0.25, 0.3) is 0 Å². The average molecular weight is 894 g/mol. The fourth-order valence-corrected chi connectivity index (χ4v) is 11.3. The zero-order valence-corrected chi connectivity index (χ0v) is 37.6. The lowest BCUT2D eigenvalue weighted by atomic mass is 9.45. The van der Waals surface area contributed by atoms with Crippen LogP contribution in [0.3, 0.4) is 0 Å². The third-order valence-electron chi connectivity index (χ3n) is 14.4. The summed E-state index contributed by atoms with van der Waals surface area (Å²) < 4.78 is 58.8.